The van der Waals surface area contributed by atoms with Crippen molar-refractivity contribution < 1.29 is 4.74 Å². The van der Waals surface area contributed by atoms with Gasteiger partial charge in [0.1, 0.15) is 5.60 Å². The molecule has 0 N–H and O–H groups in total. The van der Waals surface area contributed by atoms with Gasteiger partial charge in [-0.25, -0.2) is 0 Å². The maximum Gasteiger partial charge on any atom is 0.132 e. The zero-order valence-corrected chi connectivity index (χ0v) is 23.5. The van der Waals surface area contributed by atoms with Crippen molar-refractivity contribution in [2.45, 2.75) is 24.9 Å². The lowest BCUT2D eigenvalue weighted by atomic mass is 9.91. The molecule has 2 heterocycles. The van der Waals surface area contributed by atoms with Gasteiger partial charge in [-0.2, -0.15) is 0 Å². The SMILES string of the molecule is CN(C)CCC(c1ccccc1)c1ccccn1.CN(C)CCOC(C)(c1ccccc1)c1ccccn1. The highest BCUT2D eigenvalue weighted by atomic mass is 16.5. The average Bonchev–Trinajstić information content (AvgIpc) is 2.95. The van der Waals surface area contributed by atoms with Crippen molar-refractivity contribution in [3.05, 3.63) is 132 Å². The van der Waals surface area contributed by atoms with E-state index in [1.165, 1.54) is 5.56 Å². The number of aromatic nitrogens is 2. The fourth-order valence-corrected chi connectivity index (χ4v) is 4.28. The molecular formula is C33H42N4O. The van der Waals surface area contributed by atoms with E-state index in [1.54, 1.807) is 0 Å². The van der Waals surface area contributed by atoms with Crippen LogP contribution in [0.25, 0.3) is 0 Å². The molecule has 38 heavy (non-hydrogen) atoms. The molecule has 4 rings (SSSR count). The normalized spacial score (nSPS) is 13.4. The van der Waals surface area contributed by atoms with E-state index < -0.39 is 5.60 Å². The predicted molar refractivity (Wildman–Crippen MR) is 157 cm³/mol. The maximum atomic E-state index is 6.21. The van der Waals surface area contributed by atoms with Gasteiger partial charge in [0, 0.05) is 30.6 Å². The van der Waals surface area contributed by atoms with Crippen molar-refractivity contribution >= 4 is 0 Å². The lowest BCUT2D eigenvalue weighted by molar-refractivity contribution is -0.0131. The molecule has 0 aliphatic rings. The number of benzene rings is 2. The third kappa shape index (κ3) is 8.88. The smallest absolute Gasteiger partial charge is 0.132 e. The van der Waals surface area contributed by atoms with Gasteiger partial charge < -0.3 is 14.5 Å². The highest BCUT2D eigenvalue weighted by Gasteiger charge is 2.31. The van der Waals surface area contributed by atoms with E-state index in [2.05, 4.69) is 95.4 Å². The lowest BCUT2D eigenvalue weighted by Gasteiger charge is -2.30. The van der Waals surface area contributed by atoms with Crippen molar-refractivity contribution in [1.29, 1.82) is 0 Å². The van der Waals surface area contributed by atoms with Crippen molar-refractivity contribution in [2.75, 3.05) is 47.9 Å². The largest absolute Gasteiger partial charge is 0.363 e. The van der Waals surface area contributed by atoms with Crippen LogP contribution >= 0.6 is 0 Å². The van der Waals surface area contributed by atoms with Gasteiger partial charge in [0.05, 0.1) is 12.3 Å². The standard InChI is InChI=1S/C17H22N2O.C16H20N2/c1-17(20-14-13-19(2)3,15-9-5-4-6-10-15)16-11-7-8-12-18-16;1-18(2)13-11-15(14-8-4-3-5-9-14)16-10-6-7-12-17-16/h4-12H,13-14H2,1-3H3;3-10,12,15H,11,13H2,1-2H3. The van der Waals surface area contributed by atoms with E-state index in [9.17, 15) is 0 Å². The minimum atomic E-state index is -0.515. The molecule has 200 valence electrons. The highest BCUT2D eigenvalue weighted by molar-refractivity contribution is 5.31. The van der Waals surface area contributed by atoms with Crippen molar-refractivity contribution in [1.82, 2.24) is 19.8 Å². The van der Waals surface area contributed by atoms with Crippen LogP contribution in [0.15, 0.2) is 109 Å². The lowest BCUT2D eigenvalue weighted by Crippen LogP contribution is -2.32. The Hall–Kier alpha value is -3.38. The Labute approximate surface area is 229 Å². The van der Waals surface area contributed by atoms with Crippen LogP contribution in [-0.4, -0.2) is 67.7 Å². The summed E-state index contributed by atoms with van der Waals surface area (Å²) in [4.78, 5) is 13.3. The number of ether oxygens (including phenoxy) is 1. The van der Waals surface area contributed by atoms with Crippen molar-refractivity contribution in [3.8, 4) is 0 Å². The molecule has 0 amide bonds. The molecule has 2 atom stereocenters. The average molecular weight is 511 g/mol. The van der Waals surface area contributed by atoms with Crippen LogP contribution in [0.1, 0.15) is 41.8 Å². The summed E-state index contributed by atoms with van der Waals surface area (Å²) in [5.41, 5.74) is 4.05. The molecule has 4 aromatic rings. The zero-order chi connectivity index (χ0) is 27.2. The van der Waals surface area contributed by atoms with Gasteiger partial charge in [0.25, 0.3) is 0 Å². The molecule has 2 aromatic carbocycles. The van der Waals surface area contributed by atoms with Gasteiger partial charge in [0.2, 0.25) is 0 Å². The van der Waals surface area contributed by atoms with Crippen LogP contribution in [0.5, 0.6) is 0 Å². The van der Waals surface area contributed by atoms with Gasteiger partial charge in [-0.15, -0.1) is 0 Å². The number of nitrogens with zero attached hydrogens (tertiary/aromatic N) is 4. The van der Waals surface area contributed by atoms with E-state index in [0.717, 1.165) is 36.5 Å². The Balaban J connectivity index is 0.000000212. The topological polar surface area (TPSA) is 41.5 Å². The fraction of sp³-hybridized carbons (Fsp3) is 0.333. The maximum absolute atomic E-state index is 6.21. The van der Waals surface area contributed by atoms with E-state index in [4.69, 9.17) is 4.74 Å². The van der Waals surface area contributed by atoms with Crippen molar-refractivity contribution in [3.63, 3.8) is 0 Å². The molecule has 0 spiro atoms. The summed E-state index contributed by atoms with van der Waals surface area (Å²) < 4.78 is 6.21. The first-order valence-corrected chi connectivity index (χ1v) is 13.3. The van der Waals surface area contributed by atoms with Crippen LogP contribution in [0.3, 0.4) is 0 Å². The molecule has 2 aromatic heterocycles. The first-order chi connectivity index (χ1) is 18.4. The Morgan fingerprint density at radius 2 is 1.26 bits per heavy atom. The Morgan fingerprint density at radius 1 is 0.684 bits per heavy atom. The molecule has 2 unspecified atom stereocenters. The summed E-state index contributed by atoms with van der Waals surface area (Å²) in [5, 5.41) is 0. The summed E-state index contributed by atoms with van der Waals surface area (Å²) in [6.45, 7) is 4.70. The first kappa shape index (κ1) is 29.2. The van der Waals surface area contributed by atoms with Gasteiger partial charge >= 0.3 is 0 Å². The fourth-order valence-electron chi connectivity index (χ4n) is 4.28. The van der Waals surface area contributed by atoms with Gasteiger partial charge in [-0.3, -0.25) is 9.97 Å². The van der Waals surface area contributed by atoms with E-state index in [1.807, 2.05) is 69.0 Å². The third-order valence-electron chi connectivity index (χ3n) is 6.52. The Kier molecular flexibility index (Phi) is 11.6. The summed E-state index contributed by atoms with van der Waals surface area (Å²) >= 11 is 0. The van der Waals surface area contributed by atoms with Crippen LogP contribution < -0.4 is 0 Å². The zero-order valence-electron chi connectivity index (χ0n) is 23.5. The minimum absolute atomic E-state index is 0.384. The molecule has 5 nitrogen and oxygen atoms in total. The van der Waals surface area contributed by atoms with Gasteiger partial charge in [-0.1, -0.05) is 72.8 Å². The van der Waals surface area contributed by atoms with Crippen LogP contribution in [-0.2, 0) is 10.3 Å². The first-order valence-electron chi connectivity index (χ1n) is 13.3. The van der Waals surface area contributed by atoms with Crippen LogP contribution in [0, 0.1) is 0 Å². The predicted octanol–water partition coefficient (Wildman–Crippen LogP) is 6.09. The monoisotopic (exact) mass is 510 g/mol. The second-order valence-corrected chi connectivity index (χ2v) is 10.1. The highest BCUT2D eigenvalue weighted by Crippen LogP contribution is 2.31. The Morgan fingerprint density at radius 3 is 1.82 bits per heavy atom. The summed E-state index contributed by atoms with van der Waals surface area (Å²) in [6.07, 6.45) is 4.78. The second-order valence-electron chi connectivity index (χ2n) is 10.1. The molecule has 0 saturated heterocycles. The van der Waals surface area contributed by atoms with Gasteiger partial charge in [0.15, 0.2) is 0 Å². The number of hydrogen-bond donors (Lipinski definition) is 0. The summed E-state index contributed by atoms with van der Waals surface area (Å²) in [6, 6.07) is 33.0. The number of hydrogen-bond acceptors (Lipinski definition) is 5. The molecule has 0 radical (unpaired) electrons. The molecule has 5 heteroatoms. The minimum Gasteiger partial charge on any atom is -0.363 e. The molecule has 0 fully saturated rings. The summed E-state index contributed by atoms with van der Waals surface area (Å²) in [7, 11) is 8.31. The molecule has 0 bridgehead atoms. The molecule has 0 saturated carbocycles. The second kappa shape index (κ2) is 15.1. The number of pyridine rings is 2. The third-order valence-corrected chi connectivity index (χ3v) is 6.52. The van der Waals surface area contributed by atoms with E-state index in [-0.39, 0.29) is 0 Å². The summed E-state index contributed by atoms with van der Waals surface area (Å²) in [5.74, 6) is 0.384. The molecular weight excluding hydrogens is 468 g/mol. The molecule has 0 aliphatic heterocycles. The van der Waals surface area contributed by atoms with E-state index >= 15 is 0 Å². The van der Waals surface area contributed by atoms with Gasteiger partial charge in [-0.05, 0) is 83.5 Å². The van der Waals surface area contributed by atoms with E-state index in [0.29, 0.717) is 12.5 Å². The van der Waals surface area contributed by atoms with Crippen molar-refractivity contribution in [2.24, 2.45) is 0 Å². The molecule has 0 aliphatic carbocycles. The Bertz CT molecular complexity index is 1070. The number of rotatable bonds is 11. The number of likely N-dealkylation sites (N-methyl/N-ethyl adjacent to an activating group) is 1. The quantitative estimate of drug-likeness (QED) is 0.244. The van der Waals surface area contributed by atoms with Crippen LogP contribution in [0.2, 0.25) is 0 Å². The van der Waals surface area contributed by atoms with Crippen LogP contribution in [0.4, 0.5) is 0 Å².